The van der Waals surface area contributed by atoms with Gasteiger partial charge in [-0.3, -0.25) is 20.4 Å². The molecule has 0 aromatic heterocycles. The zero-order valence-corrected chi connectivity index (χ0v) is 14.7. The van der Waals surface area contributed by atoms with Gasteiger partial charge in [-0.05, 0) is 43.3 Å². The molecule has 0 saturated carbocycles. The van der Waals surface area contributed by atoms with Gasteiger partial charge < -0.3 is 5.32 Å². The molecule has 2 amide bonds. The third-order valence-corrected chi connectivity index (χ3v) is 4.27. The topological polar surface area (TPSA) is 70.2 Å². The number of carbonyl (C=O) groups is 2. The lowest BCUT2D eigenvalue weighted by atomic mass is 10.2. The second-order valence-electron chi connectivity index (χ2n) is 5.37. The maximum Gasteiger partial charge on any atom is 0.257 e. The van der Waals surface area contributed by atoms with Crippen molar-refractivity contribution in [3.8, 4) is 0 Å². The van der Waals surface area contributed by atoms with E-state index in [0.29, 0.717) is 5.75 Å². The largest absolute Gasteiger partial charge is 0.376 e. The van der Waals surface area contributed by atoms with Crippen LogP contribution in [0, 0.1) is 12.7 Å². The van der Waals surface area contributed by atoms with Crippen molar-refractivity contribution in [3.63, 3.8) is 0 Å². The van der Waals surface area contributed by atoms with E-state index in [0.717, 1.165) is 16.1 Å². The lowest BCUT2D eigenvalue weighted by Crippen LogP contribution is -2.44. The number of anilines is 1. The summed E-state index contributed by atoms with van der Waals surface area (Å²) in [5, 5.41) is 2.97. The molecule has 0 aliphatic rings. The Morgan fingerprint density at radius 1 is 0.960 bits per heavy atom. The fraction of sp³-hybridized carbons (Fsp3) is 0.222. The van der Waals surface area contributed by atoms with E-state index >= 15 is 0 Å². The standard InChI is InChI=1S/C18H20FN3O2S/c1-13-2-6-15(7-3-13)20-12-18(24)22-21-17(23)10-11-25-16-8-4-14(19)5-9-16/h2-9,20H,10-12H2,1H3,(H,21,23)(H,22,24). The highest BCUT2D eigenvalue weighted by Crippen LogP contribution is 2.18. The number of carbonyl (C=O) groups excluding carboxylic acids is 2. The molecule has 2 aromatic rings. The van der Waals surface area contributed by atoms with E-state index in [-0.39, 0.29) is 30.6 Å². The summed E-state index contributed by atoms with van der Waals surface area (Å²) in [6, 6.07) is 13.7. The summed E-state index contributed by atoms with van der Waals surface area (Å²) in [6.07, 6.45) is 0.244. The monoisotopic (exact) mass is 361 g/mol. The normalized spacial score (nSPS) is 10.2. The minimum Gasteiger partial charge on any atom is -0.376 e. The Morgan fingerprint density at radius 2 is 1.60 bits per heavy atom. The quantitative estimate of drug-likeness (QED) is 0.524. The van der Waals surface area contributed by atoms with E-state index in [1.807, 2.05) is 31.2 Å². The maximum atomic E-state index is 12.8. The predicted octanol–water partition coefficient (Wildman–Crippen LogP) is 2.88. The number of hydrazine groups is 1. The molecule has 7 heteroatoms. The highest BCUT2D eigenvalue weighted by Gasteiger charge is 2.05. The lowest BCUT2D eigenvalue weighted by molar-refractivity contribution is -0.127. The first-order valence-electron chi connectivity index (χ1n) is 7.79. The summed E-state index contributed by atoms with van der Waals surface area (Å²) in [7, 11) is 0. The Bertz CT molecular complexity index is 705. The lowest BCUT2D eigenvalue weighted by Gasteiger charge is -2.09. The van der Waals surface area contributed by atoms with Crippen molar-refractivity contribution in [2.45, 2.75) is 18.2 Å². The molecule has 0 bridgehead atoms. The summed E-state index contributed by atoms with van der Waals surface area (Å²) in [6.45, 7) is 2.05. The fourth-order valence-corrected chi connectivity index (χ4v) is 2.74. The molecule has 132 valence electrons. The molecule has 0 aliphatic heterocycles. The van der Waals surface area contributed by atoms with Crippen LogP contribution in [0.15, 0.2) is 53.4 Å². The van der Waals surface area contributed by atoms with Crippen LogP contribution in [0.25, 0.3) is 0 Å². The molecule has 3 N–H and O–H groups in total. The van der Waals surface area contributed by atoms with E-state index in [2.05, 4.69) is 16.2 Å². The van der Waals surface area contributed by atoms with E-state index in [1.54, 1.807) is 12.1 Å². The Kier molecular flexibility index (Phi) is 7.28. The van der Waals surface area contributed by atoms with Gasteiger partial charge in [0.25, 0.3) is 5.91 Å². The van der Waals surface area contributed by atoms with Crippen LogP contribution >= 0.6 is 11.8 Å². The Balaban J connectivity index is 1.59. The first-order chi connectivity index (χ1) is 12.0. The number of hydrogen-bond acceptors (Lipinski definition) is 4. The third-order valence-electron chi connectivity index (χ3n) is 3.26. The Labute approximate surface area is 150 Å². The molecule has 0 radical (unpaired) electrons. The summed E-state index contributed by atoms with van der Waals surface area (Å²) >= 11 is 1.45. The van der Waals surface area contributed by atoms with Gasteiger partial charge in [-0.15, -0.1) is 11.8 Å². The van der Waals surface area contributed by atoms with Crippen LogP contribution < -0.4 is 16.2 Å². The number of halogens is 1. The highest BCUT2D eigenvalue weighted by molar-refractivity contribution is 7.99. The average molecular weight is 361 g/mol. The molecule has 0 saturated heterocycles. The predicted molar refractivity (Wildman–Crippen MR) is 97.7 cm³/mol. The number of thioether (sulfide) groups is 1. The average Bonchev–Trinajstić information content (AvgIpc) is 2.61. The molecule has 2 rings (SSSR count). The second-order valence-corrected chi connectivity index (χ2v) is 6.54. The minimum absolute atomic E-state index is 0.0632. The minimum atomic E-state index is -0.333. The molecular weight excluding hydrogens is 341 g/mol. The van der Waals surface area contributed by atoms with Crippen molar-refractivity contribution in [1.29, 1.82) is 0 Å². The molecule has 0 fully saturated rings. The number of benzene rings is 2. The van der Waals surface area contributed by atoms with Crippen LogP contribution in [0.5, 0.6) is 0 Å². The van der Waals surface area contributed by atoms with Gasteiger partial charge in [0.2, 0.25) is 5.91 Å². The molecule has 0 heterocycles. The summed E-state index contributed by atoms with van der Waals surface area (Å²) in [4.78, 5) is 24.3. The van der Waals surface area contributed by atoms with Crippen molar-refractivity contribution >= 4 is 29.3 Å². The summed E-state index contributed by atoms with van der Waals surface area (Å²) < 4.78 is 12.8. The van der Waals surface area contributed by atoms with Gasteiger partial charge in [0, 0.05) is 22.8 Å². The molecule has 0 aliphatic carbocycles. The highest BCUT2D eigenvalue weighted by atomic mass is 32.2. The molecule has 0 atom stereocenters. The molecule has 0 unspecified atom stereocenters. The van der Waals surface area contributed by atoms with Crippen molar-refractivity contribution in [2.24, 2.45) is 0 Å². The van der Waals surface area contributed by atoms with Gasteiger partial charge in [-0.25, -0.2) is 4.39 Å². The molecular formula is C18H20FN3O2S. The van der Waals surface area contributed by atoms with Crippen molar-refractivity contribution in [3.05, 3.63) is 59.9 Å². The third kappa shape index (κ3) is 7.26. The van der Waals surface area contributed by atoms with Crippen molar-refractivity contribution < 1.29 is 14.0 Å². The van der Waals surface area contributed by atoms with Gasteiger partial charge in [0.05, 0.1) is 6.54 Å². The number of aryl methyl sites for hydroxylation is 1. The smallest absolute Gasteiger partial charge is 0.257 e. The van der Waals surface area contributed by atoms with Gasteiger partial charge in [-0.2, -0.15) is 0 Å². The summed E-state index contributed by atoms with van der Waals surface area (Å²) in [5.74, 6) is -0.364. The van der Waals surface area contributed by atoms with Crippen LogP contribution in [-0.2, 0) is 9.59 Å². The molecule has 25 heavy (non-hydrogen) atoms. The summed E-state index contributed by atoms with van der Waals surface area (Å²) in [5.41, 5.74) is 6.71. The Hall–Kier alpha value is -2.54. The van der Waals surface area contributed by atoms with E-state index < -0.39 is 0 Å². The zero-order chi connectivity index (χ0) is 18.1. The van der Waals surface area contributed by atoms with Crippen LogP contribution in [0.1, 0.15) is 12.0 Å². The van der Waals surface area contributed by atoms with E-state index in [1.165, 1.54) is 23.9 Å². The van der Waals surface area contributed by atoms with Gasteiger partial charge >= 0.3 is 0 Å². The molecule has 0 spiro atoms. The van der Waals surface area contributed by atoms with Crippen LogP contribution in [-0.4, -0.2) is 24.1 Å². The number of amides is 2. The second kappa shape index (κ2) is 9.68. The maximum absolute atomic E-state index is 12.8. The van der Waals surface area contributed by atoms with Crippen molar-refractivity contribution in [2.75, 3.05) is 17.6 Å². The first kappa shape index (κ1) is 18.8. The fourth-order valence-electron chi connectivity index (χ4n) is 1.89. The molecule has 2 aromatic carbocycles. The van der Waals surface area contributed by atoms with Gasteiger partial charge in [-0.1, -0.05) is 17.7 Å². The number of nitrogens with one attached hydrogen (secondary N) is 3. The van der Waals surface area contributed by atoms with E-state index in [9.17, 15) is 14.0 Å². The van der Waals surface area contributed by atoms with Gasteiger partial charge in [0.1, 0.15) is 5.82 Å². The van der Waals surface area contributed by atoms with Crippen LogP contribution in [0.3, 0.4) is 0 Å². The van der Waals surface area contributed by atoms with Crippen LogP contribution in [0.4, 0.5) is 10.1 Å². The molecule has 5 nitrogen and oxygen atoms in total. The van der Waals surface area contributed by atoms with Crippen molar-refractivity contribution in [1.82, 2.24) is 10.9 Å². The number of rotatable bonds is 7. The first-order valence-corrected chi connectivity index (χ1v) is 8.78. The van der Waals surface area contributed by atoms with E-state index in [4.69, 9.17) is 0 Å². The zero-order valence-electron chi connectivity index (χ0n) is 13.8. The Morgan fingerprint density at radius 3 is 2.28 bits per heavy atom. The SMILES string of the molecule is Cc1ccc(NCC(=O)NNC(=O)CCSc2ccc(F)cc2)cc1. The van der Waals surface area contributed by atoms with Crippen LogP contribution in [0.2, 0.25) is 0 Å². The van der Waals surface area contributed by atoms with Gasteiger partial charge in [0.15, 0.2) is 0 Å². The number of hydrogen-bond donors (Lipinski definition) is 3.